The number of hydrogen-bond donors (Lipinski definition) is 2. The number of aliphatic hydroxyl groups excluding tert-OH is 1. The van der Waals surface area contributed by atoms with Gasteiger partial charge < -0.3 is 10.1 Å². The maximum Gasteiger partial charge on any atom is 0.124 e. The van der Waals surface area contributed by atoms with E-state index in [-0.39, 0.29) is 0 Å². The molecule has 0 fully saturated rings. The number of nitrogens with one attached hydrogen (secondary N) is 1. The van der Waals surface area contributed by atoms with Crippen LogP contribution in [0.1, 0.15) is 40.0 Å². The molecule has 0 saturated carbocycles. The van der Waals surface area contributed by atoms with E-state index in [9.17, 15) is 0 Å². The van der Waals surface area contributed by atoms with Gasteiger partial charge in [0.25, 0.3) is 0 Å². The van der Waals surface area contributed by atoms with Gasteiger partial charge in [0.2, 0.25) is 0 Å². The molecule has 0 unspecified atom stereocenters. The Kier molecular flexibility index (Phi) is 5.94. The second kappa shape index (κ2) is 5.88. The van der Waals surface area contributed by atoms with Crippen LogP contribution in [0.3, 0.4) is 0 Å². The lowest BCUT2D eigenvalue weighted by molar-refractivity contribution is 0.283. The molecule has 0 rings (SSSR count). The third-order valence-electron chi connectivity index (χ3n) is 3.28. The van der Waals surface area contributed by atoms with E-state index in [1.165, 1.54) is 6.42 Å². The third-order valence-corrected chi connectivity index (χ3v) is 8.16. The molecule has 0 spiro atoms. The van der Waals surface area contributed by atoms with Gasteiger partial charge in [0.1, 0.15) is 8.24 Å². The summed E-state index contributed by atoms with van der Waals surface area (Å²) >= 11 is 0. The smallest absolute Gasteiger partial charge is 0.124 e. The lowest BCUT2D eigenvalue weighted by Crippen LogP contribution is -2.52. The fraction of sp³-hybridized carbons (Fsp3) is 1.00. The van der Waals surface area contributed by atoms with Gasteiger partial charge in [-0.1, -0.05) is 33.9 Å². The van der Waals surface area contributed by atoms with Crippen molar-refractivity contribution in [2.75, 3.05) is 13.2 Å². The zero-order valence-corrected chi connectivity index (χ0v) is 11.5. The van der Waals surface area contributed by atoms with E-state index in [1.54, 1.807) is 0 Å². The fourth-order valence-electron chi connectivity index (χ4n) is 1.08. The van der Waals surface area contributed by atoms with Gasteiger partial charge in [-0.05, 0) is 30.8 Å². The Balaban J connectivity index is 3.67. The van der Waals surface area contributed by atoms with Gasteiger partial charge in [0.15, 0.2) is 0 Å². The number of aliphatic hydroxyl groups is 1. The monoisotopic (exact) mass is 217 g/mol. The second-order valence-electron chi connectivity index (χ2n) is 5.59. The molecule has 14 heavy (non-hydrogen) atoms. The topological polar surface area (TPSA) is 32.3 Å². The summed E-state index contributed by atoms with van der Waals surface area (Å²) in [5.74, 6) is 0. The molecule has 0 radical (unpaired) electrons. The lowest BCUT2D eigenvalue weighted by Gasteiger charge is -2.37. The van der Waals surface area contributed by atoms with Crippen molar-refractivity contribution in [3.8, 4) is 0 Å². The van der Waals surface area contributed by atoms with Gasteiger partial charge in [-0.15, -0.1) is 0 Å². The molecule has 0 amide bonds. The zero-order valence-electron chi connectivity index (χ0n) is 10.5. The molecule has 0 aromatic rings. The highest BCUT2D eigenvalue weighted by atomic mass is 28.3. The molecule has 0 bridgehead atoms. The van der Waals surface area contributed by atoms with Gasteiger partial charge in [-0.2, -0.15) is 0 Å². The molecule has 0 aliphatic carbocycles. The first-order valence-electron chi connectivity index (χ1n) is 5.67. The fourth-order valence-corrected chi connectivity index (χ4v) is 2.41. The largest absolute Gasteiger partial charge is 0.396 e. The molecular weight excluding hydrogens is 190 g/mol. The van der Waals surface area contributed by atoms with Crippen LogP contribution in [-0.4, -0.2) is 26.5 Å². The summed E-state index contributed by atoms with van der Waals surface area (Å²) in [6.07, 6.45) is 3.27. The highest BCUT2D eigenvalue weighted by Crippen LogP contribution is 2.33. The van der Waals surface area contributed by atoms with Crippen LogP contribution in [0, 0.1) is 0 Å². The standard InChI is InChI=1S/C11H27NOSi/c1-11(2,3)14(4,5)12-9-7-6-8-10-13/h12-13H,6-10H2,1-5H3. The van der Waals surface area contributed by atoms with E-state index in [2.05, 4.69) is 38.8 Å². The van der Waals surface area contributed by atoms with Crippen LogP contribution in [0.5, 0.6) is 0 Å². The van der Waals surface area contributed by atoms with Crippen molar-refractivity contribution in [1.82, 2.24) is 4.98 Å². The second-order valence-corrected chi connectivity index (χ2v) is 10.7. The highest BCUT2D eigenvalue weighted by molar-refractivity contribution is 6.77. The minimum absolute atomic E-state index is 0.333. The van der Waals surface area contributed by atoms with Crippen LogP contribution in [0.4, 0.5) is 0 Å². The van der Waals surface area contributed by atoms with Crippen molar-refractivity contribution < 1.29 is 5.11 Å². The summed E-state index contributed by atoms with van der Waals surface area (Å²) in [5, 5.41) is 9.06. The van der Waals surface area contributed by atoms with Gasteiger partial charge in [-0.25, -0.2) is 0 Å². The molecule has 3 heteroatoms. The van der Waals surface area contributed by atoms with Gasteiger partial charge in [0, 0.05) is 6.61 Å². The summed E-state index contributed by atoms with van der Waals surface area (Å²) < 4.78 is 0. The van der Waals surface area contributed by atoms with Crippen LogP contribution in [0.2, 0.25) is 18.1 Å². The van der Waals surface area contributed by atoms with Gasteiger partial charge >= 0.3 is 0 Å². The highest BCUT2D eigenvalue weighted by Gasteiger charge is 2.34. The Labute approximate surface area is 90.2 Å². The molecule has 2 N–H and O–H groups in total. The average Bonchev–Trinajstić information content (AvgIpc) is 2.02. The third kappa shape index (κ3) is 5.13. The van der Waals surface area contributed by atoms with Crippen molar-refractivity contribution >= 4 is 8.24 Å². The molecule has 0 saturated heterocycles. The van der Waals surface area contributed by atoms with Crippen molar-refractivity contribution in [1.29, 1.82) is 0 Å². The Bertz CT molecular complexity index is 152. The molecule has 0 heterocycles. The summed E-state index contributed by atoms with van der Waals surface area (Å²) in [7, 11) is -1.28. The quantitative estimate of drug-likeness (QED) is 0.530. The normalized spacial score (nSPS) is 13.3. The van der Waals surface area contributed by atoms with Gasteiger partial charge in [-0.3, -0.25) is 0 Å². The van der Waals surface area contributed by atoms with Gasteiger partial charge in [0.05, 0.1) is 0 Å². The summed E-state index contributed by atoms with van der Waals surface area (Å²) in [6, 6.07) is 0. The lowest BCUT2D eigenvalue weighted by atomic mass is 10.2. The summed E-state index contributed by atoms with van der Waals surface area (Å²) in [4.78, 5) is 3.72. The first-order valence-corrected chi connectivity index (χ1v) is 8.67. The van der Waals surface area contributed by atoms with Crippen molar-refractivity contribution in [2.45, 2.75) is 58.2 Å². The number of unbranched alkanes of at least 4 members (excludes halogenated alkanes) is 2. The van der Waals surface area contributed by atoms with Crippen molar-refractivity contribution in [3.05, 3.63) is 0 Å². The molecule has 0 aliphatic heterocycles. The van der Waals surface area contributed by atoms with E-state index in [1.807, 2.05) is 0 Å². The predicted molar refractivity (Wildman–Crippen MR) is 66.1 cm³/mol. The Morgan fingerprint density at radius 1 is 1.07 bits per heavy atom. The Morgan fingerprint density at radius 3 is 2.07 bits per heavy atom. The van der Waals surface area contributed by atoms with E-state index in [4.69, 9.17) is 5.11 Å². The average molecular weight is 217 g/mol. The predicted octanol–water partition coefficient (Wildman–Crippen LogP) is 2.74. The molecule has 2 nitrogen and oxygen atoms in total. The number of hydrogen-bond acceptors (Lipinski definition) is 2. The molecule has 0 aromatic carbocycles. The summed E-state index contributed by atoms with van der Waals surface area (Å²) in [5.41, 5.74) is 0. The van der Waals surface area contributed by atoms with Crippen LogP contribution in [-0.2, 0) is 0 Å². The molecular formula is C11H27NOSi. The molecule has 0 aliphatic rings. The molecule has 0 aromatic heterocycles. The van der Waals surface area contributed by atoms with E-state index in [0.29, 0.717) is 11.6 Å². The minimum Gasteiger partial charge on any atom is -0.396 e. The molecule has 86 valence electrons. The first-order chi connectivity index (χ1) is 6.31. The van der Waals surface area contributed by atoms with Crippen molar-refractivity contribution in [3.63, 3.8) is 0 Å². The van der Waals surface area contributed by atoms with E-state index < -0.39 is 8.24 Å². The van der Waals surface area contributed by atoms with Crippen molar-refractivity contribution in [2.24, 2.45) is 0 Å². The zero-order chi connectivity index (χ0) is 11.2. The van der Waals surface area contributed by atoms with Crippen LogP contribution >= 0.6 is 0 Å². The maximum absolute atomic E-state index is 8.64. The Morgan fingerprint density at radius 2 is 1.64 bits per heavy atom. The van der Waals surface area contributed by atoms with Crippen LogP contribution in [0.25, 0.3) is 0 Å². The van der Waals surface area contributed by atoms with Crippen LogP contribution < -0.4 is 4.98 Å². The number of rotatable bonds is 6. The van der Waals surface area contributed by atoms with Crippen LogP contribution in [0.15, 0.2) is 0 Å². The van der Waals surface area contributed by atoms with E-state index >= 15 is 0 Å². The molecule has 0 atom stereocenters. The first kappa shape index (κ1) is 14.1. The SMILES string of the molecule is CC(C)(C)[Si](C)(C)NCCCCCO. The maximum atomic E-state index is 8.64. The van der Waals surface area contributed by atoms with E-state index in [0.717, 1.165) is 19.4 Å². The Hall–Kier alpha value is 0.137. The summed E-state index contributed by atoms with van der Waals surface area (Å²) in [6.45, 7) is 13.2. The minimum atomic E-state index is -1.28.